The number of hydrogen-bond donors (Lipinski definition) is 2. The second-order valence-corrected chi connectivity index (χ2v) is 5.21. The monoisotopic (exact) mass is 316 g/mol. The largest absolute Gasteiger partial charge is 0.386 e. The van der Waals surface area contributed by atoms with Crippen LogP contribution in [0.1, 0.15) is 6.42 Å². The zero-order valence-electron chi connectivity index (χ0n) is 9.56. The number of halogens is 1. The summed E-state index contributed by atoms with van der Waals surface area (Å²) >= 11 is 3.19. The van der Waals surface area contributed by atoms with E-state index in [9.17, 15) is 15.2 Å². The molecule has 1 aromatic carbocycles. The molecule has 7 heteroatoms. The second-order valence-electron chi connectivity index (χ2n) is 4.30. The predicted octanol–water partition coefficient (Wildman–Crippen LogP) is 1.92. The summed E-state index contributed by atoms with van der Waals surface area (Å²) < 4.78 is 5.76. The Labute approximate surface area is 112 Å². The molecule has 0 radical (unpaired) electrons. The van der Waals surface area contributed by atoms with E-state index in [0.717, 1.165) is 0 Å². The number of nitro benzene ring substituents is 1. The molecule has 6 nitrogen and oxygen atoms in total. The van der Waals surface area contributed by atoms with Crippen LogP contribution in [0.25, 0.3) is 0 Å². The fraction of sp³-hybridized carbons (Fsp3) is 0.455. The van der Waals surface area contributed by atoms with Crippen molar-refractivity contribution in [3.8, 4) is 0 Å². The Balaban J connectivity index is 2.11. The van der Waals surface area contributed by atoms with Crippen LogP contribution in [0.4, 0.5) is 11.4 Å². The van der Waals surface area contributed by atoms with Gasteiger partial charge in [-0.05, 0) is 12.1 Å². The minimum Gasteiger partial charge on any atom is -0.386 e. The van der Waals surface area contributed by atoms with Gasteiger partial charge in [0.1, 0.15) is 11.3 Å². The van der Waals surface area contributed by atoms with Crippen LogP contribution in [-0.4, -0.2) is 35.4 Å². The number of anilines is 1. The summed E-state index contributed by atoms with van der Waals surface area (Å²) in [5, 5.41) is 23.9. The SMILES string of the molecule is O=[N+]([O-])c1cc(Br)ccc1NCC1(O)CCOC1. The number of rotatable bonds is 4. The van der Waals surface area contributed by atoms with Crippen LogP contribution in [0.2, 0.25) is 0 Å². The lowest BCUT2D eigenvalue weighted by atomic mass is 10.0. The van der Waals surface area contributed by atoms with Crippen LogP contribution in [0.5, 0.6) is 0 Å². The molecule has 0 spiro atoms. The minimum atomic E-state index is -0.944. The van der Waals surface area contributed by atoms with E-state index in [1.807, 2.05) is 0 Å². The molecule has 1 atom stereocenters. The Kier molecular flexibility index (Phi) is 3.84. The van der Waals surface area contributed by atoms with E-state index < -0.39 is 10.5 Å². The van der Waals surface area contributed by atoms with Gasteiger partial charge in [-0.2, -0.15) is 0 Å². The van der Waals surface area contributed by atoms with Crippen LogP contribution in [0, 0.1) is 10.1 Å². The highest BCUT2D eigenvalue weighted by molar-refractivity contribution is 9.10. The number of nitro groups is 1. The van der Waals surface area contributed by atoms with E-state index in [1.165, 1.54) is 6.07 Å². The van der Waals surface area contributed by atoms with Gasteiger partial charge in [-0.1, -0.05) is 15.9 Å². The van der Waals surface area contributed by atoms with E-state index in [-0.39, 0.29) is 18.8 Å². The molecule has 2 N–H and O–H groups in total. The van der Waals surface area contributed by atoms with Crippen molar-refractivity contribution in [3.63, 3.8) is 0 Å². The highest BCUT2D eigenvalue weighted by Gasteiger charge is 2.32. The lowest BCUT2D eigenvalue weighted by Crippen LogP contribution is -2.37. The molecule has 0 aliphatic carbocycles. The fourth-order valence-electron chi connectivity index (χ4n) is 1.80. The number of ether oxygens (including phenoxy) is 1. The molecule has 1 heterocycles. The van der Waals surface area contributed by atoms with Crippen molar-refractivity contribution < 1.29 is 14.8 Å². The Morgan fingerprint density at radius 3 is 3.00 bits per heavy atom. The van der Waals surface area contributed by atoms with E-state index >= 15 is 0 Å². The molecule has 98 valence electrons. The number of nitrogens with zero attached hydrogens (tertiary/aromatic N) is 1. The van der Waals surface area contributed by atoms with E-state index in [4.69, 9.17) is 4.74 Å². The van der Waals surface area contributed by atoms with Gasteiger partial charge in [0.2, 0.25) is 0 Å². The highest BCUT2D eigenvalue weighted by atomic mass is 79.9. The molecule has 1 fully saturated rings. The van der Waals surface area contributed by atoms with Gasteiger partial charge >= 0.3 is 0 Å². The summed E-state index contributed by atoms with van der Waals surface area (Å²) in [5.41, 5.74) is -0.573. The van der Waals surface area contributed by atoms with Crippen molar-refractivity contribution in [1.29, 1.82) is 0 Å². The average molecular weight is 317 g/mol. The summed E-state index contributed by atoms with van der Waals surface area (Å²) in [7, 11) is 0. The van der Waals surface area contributed by atoms with Gasteiger partial charge < -0.3 is 15.2 Å². The topological polar surface area (TPSA) is 84.6 Å². The van der Waals surface area contributed by atoms with Crippen LogP contribution >= 0.6 is 15.9 Å². The summed E-state index contributed by atoms with van der Waals surface area (Å²) in [6, 6.07) is 4.75. The normalized spacial score (nSPS) is 23.0. The first kappa shape index (κ1) is 13.3. The van der Waals surface area contributed by atoms with Crippen molar-refractivity contribution in [2.24, 2.45) is 0 Å². The number of aliphatic hydroxyl groups is 1. The van der Waals surface area contributed by atoms with Gasteiger partial charge in [-0.25, -0.2) is 0 Å². The summed E-state index contributed by atoms with van der Waals surface area (Å²) in [4.78, 5) is 10.5. The molecule has 0 aromatic heterocycles. The lowest BCUT2D eigenvalue weighted by molar-refractivity contribution is -0.384. The van der Waals surface area contributed by atoms with Crippen LogP contribution in [-0.2, 0) is 4.74 Å². The van der Waals surface area contributed by atoms with Crippen LogP contribution in [0.15, 0.2) is 22.7 Å². The van der Waals surface area contributed by atoms with E-state index in [1.54, 1.807) is 12.1 Å². The predicted molar refractivity (Wildman–Crippen MR) is 69.7 cm³/mol. The molecule has 0 bridgehead atoms. The first-order valence-corrected chi connectivity index (χ1v) is 6.27. The lowest BCUT2D eigenvalue weighted by Gasteiger charge is -2.21. The second kappa shape index (κ2) is 5.21. The first-order chi connectivity index (χ1) is 8.50. The van der Waals surface area contributed by atoms with Crippen LogP contribution < -0.4 is 5.32 Å². The number of nitrogens with one attached hydrogen (secondary N) is 1. The van der Waals surface area contributed by atoms with Gasteiger partial charge in [0.25, 0.3) is 5.69 Å². The van der Waals surface area contributed by atoms with Crippen molar-refractivity contribution in [1.82, 2.24) is 0 Å². The van der Waals surface area contributed by atoms with Gasteiger partial charge in [-0.15, -0.1) is 0 Å². The van der Waals surface area contributed by atoms with Crippen molar-refractivity contribution in [2.45, 2.75) is 12.0 Å². The smallest absolute Gasteiger partial charge is 0.293 e. The number of hydrogen-bond acceptors (Lipinski definition) is 5. The summed E-state index contributed by atoms with van der Waals surface area (Å²) in [6.07, 6.45) is 0.532. The van der Waals surface area contributed by atoms with E-state index in [0.29, 0.717) is 23.2 Å². The Bertz CT molecular complexity index is 460. The van der Waals surface area contributed by atoms with Gasteiger partial charge in [-0.3, -0.25) is 10.1 Å². The molecule has 1 unspecified atom stereocenters. The fourth-order valence-corrected chi connectivity index (χ4v) is 2.15. The third kappa shape index (κ3) is 2.98. The van der Waals surface area contributed by atoms with Gasteiger partial charge in [0.15, 0.2) is 0 Å². The molecular weight excluding hydrogens is 304 g/mol. The first-order valence-electron chi connectivity index (χ1n) is 5.48. The maximum Gasteiger partial charge on any atom is 0.293 e. The van der Waals surface area contributed by atoms with Crippen LogP contribution in [0.3, 0.4) is 0 Å². The molecule has 0 amide bonds. The molecular formula is C11H13BrN2O4. The zero-order chi connectivity index (χ0) is 13.2. The highest BCUT2D eigenvalue weighted by Crippen LogP contribution is 2.29. The molecule has 1 aliphatic rings. The maximum absolute atomic E-state index is 10.9. The third-order valence-corrected chi connectivity index (χ3v) is 3.34. The third-order valence-electron chi connectivity index (χ3n) is 2.85. The molecule has 0 saturated carbocycles. The molecule has 1 saturated heterocycles. The Morgan fingerprint density at radius 1 is 1.61 bits per heavy atom. The van der Waals surface area contributed by atoms with E-state index in [2.05, 4.69) is 21.2 Å². The number of benzene rings is 1. The summed E-state index contributed by atoms with van der Waals surface area (Å²) in [5.74, 6) is 0. The van der Waals surface area contributed by atoms with Gasteiger partial charge in [0.05, 0.1) is 11.5 Å². The molecule has 2 rings (SSSR count). The summed E-state index contributed by atoms with van der Waals surface area (Å²) in [6.45, 7) is 1.00. The molecule has 1 aliphatic heterocycles. The van der Waals surface area contributed by atoms with Gasteiger partial charge in [0, 0.05) is 30.1 Å². The Hall–Kier alpha value is -1.18. The molecule has 18 heavy (non-hydrogen) atoms. The van der Waals surface area contributed by atoms with Crippen molar-refractivity contribution in [2.75, 3.05) is 25.1 Å². The molecule has 1 aromatic rings. The maximum atomic E-state index is 10.9. The van der Waals surface area contributed by atoms with Crippen molar-refractivity contribution in [3.05, 3.63) is 32.8 Å². The zero-order valence-corrected chi connectivity index (χ0v) is 11.1. The minimum absolute atomic E-state index is 0.0214. The quantitative estimate of drug-likeness (QED) is 0.655. The Morgan fingerprint density at radius 2 is 2.39 bits per heavy atom. The average Bonchev–Trinajstić information content (AvgIpc) is 2.75. The van der Waals surface area contributed by atoms with Crippen molar-refractivity contribution >= 4 is 27.3 Å². The standard InChI is InChI=1S/C11H13BrN2O4/c12-8-1-2-9(10(5-8)14(16)17)13-6-11(15)3-4-18-7-11/h1-2,5,13,15H,3-4,6-7H2.